The van der Waals surface area contributed by atoms with E-state index in [-0.39, 0.29) is 24.6 Å². The van der Waals surface area contributed by atoms with Crippen molar-refractivity contribution in [3.63, 3.8) is 0 Å². The summed E-state index contributed by atoms with van der Waals surface area (Å²) in [5, 5.41) is 13.5. The molecule has 2 aromatic carbocycles. The zero-order valence-corrected chi connectivity index (χ0v) is 15.6. The number of amides is 1. The lowest BCUT2D eigenvalue weighted by Gasteiger charge is -2.26. The van der Waals surface area contributed by atoms with Crippen molar-refractivity contribution in [2.75, 3.05) is 0 Å². The minimum absolute atomic E-state index is 0.0480. The van der Waals surface area contributed by atoms with Crippen molar-refractivity contribution < 1.29 is 19.2 Å². The Kier molecular flexibility index (Phi) is 5.54. The molecule has 0 bridgehead atoms. The van der Waals surface area contributed by atoms with Gasteiger partial charge >= 0.3 is 5.97 Å². The highest BCUT2D eigenvalue weighted by Crippen LogP contribution is 2.34. The maximum Gasteiger partial charge on any atom is 0.336 e. The number of hydrogen-bond acceptors (Lipinski definition) is 5. The summed E-state index contributed by atoms with van der Waals surface area (Å²) >= 11 is 0. The number of nitrogens with zero attached hydrogens (tertiary/aromatic N) is 1. The van der Waals surface area contributed by atoms with Crippen LogP contribution in [0.4, 0.5) is 5.69 Å². The maximum absolute atomic E-state index is 12.8. The molecule has 1 aliphatic heterocycles. The molecule has 0 fully saturated rings. The van der Waals surface area contributed by atoms with E-state index in [1.807, 2.05) is 31.2 Å². The summed E-state index contributed by atoms with van der Waals surface area (Å²) in [4.78, 5) is 35.2. The van der Waals surface area contributed by atoms with Crippen molar-refractivity contribution in [2.45, 2.75) is 32.8 Å². The van der Waals surface area contributed by atoms with Crippen LogP contribution in [0.1, 0.15) is 36.0 Å². The van der Waals surface area contributed by atoms with E-state index in [9.17, 15) is 19.7 Å². The highest BCUT2D eigenvalue weighted by Gasteiger charge is 2.33. The van der Waals surface area contributed by atoms with Crippen LogP contribution in [-0.4, -0.2) is 16.8 Å². The van der Waals surface area contributed by atoms with Crippen LogP contribution in [0, 0.1) is 17.0 Å². The number of ether oxygens (including phenoxy) is 1. The number of rotatable bonds is 5. The van der Waals surface area contributed by atoms with Gasteiger partial charge in [0, 0.05) is 30.2 Å². The molecule has 1 atom stereocenters. The molecule has 28 heavy (non-hydrogen) atoms. The topological polar surface area (TPSA) is 98.5 Å². The van der Waals surface area contributed by atoms with Gasteiger partial charge in [0.2, 0.25) is 5.91 Å². The first-order chi connectivity index (χ1) is 13.3. The fraction of sp³-hybridized carbons (Fsp3) is 0.238. The average molecular weight is 380 g/mol. The van der Waals surface area contributed by atoms with Gasteiger partial charge in [-0.1, -0.05) is 42.0 Å². The van der Waals surface area contributed by atoms with Crippen molar-refractivity contribution in [1.82, 2.24) is 5.32 Å². The van der Waals surface area contributed by atoms with Crippen LogP contribution in [0.15, 0.2) is 59.8 Å². The third kappa shape index (κ3) is 4.25. The van der Waals surface area contributed by atoms with E-state index >= 15 is 0 Å². The minimum atomic E-state index is -0.514. The van der Waals surface area contributed by atoms with E-state index in [0.29, 0.717) is 16.8 Å². The Morgan fingerprint density at radius 2 is 1.79 bits per heavy atom. The molecule has 1 heterocycles. The fourth-order valence-corrected chi connectivity index (χ4v) is 3.20. The summed E-state index contributed by atoms with van der Waals surface area (Å²) in [5.41, 5.74) is 3.38. The lowest BCUT2D eigenvalue weighted by Crippen LogP contribution is -2.34. The van der Waals surface area contributed by atoms with E-state index in [1.165, 1.54) is 12.1 Å². The third-order valence-corrected chi connectivity index (χ3v) is 4.69. The average Bonchev–Trinajstić information content (AvgIpc) is 2.66. The number of nitrogens with one attached hydrogen (secondary N) is 1. The van der Waals surface area contributed by atoms with Gasteiger partial charge in [-0.15, -0.1) is 0 Å². The Morgan fingerprint density at radius 3 is 2.39 bits per heavy atom. The number of aryl methyl sites for hydroxylation is 1. The highest BCUT2D eigenvalue weighted by atomic mass is 16.6. The molecule has 2 aromatic rings. The van der Waals surface area contributed by atoms with Crippen molar-refractivity contribution >= 4 is 17.6 Å². The van der Waals surface area contributed by atoms with Gasteiger partial charge in [0.25, 0.3) is 5.69 Å². The SMILES string of the molecule is CC1=C(C(=O)OCc2ccc(C)cc2)C(c2ccc([N+](=O)[O-])cc2)CC(=O)N1. The third-order valence-electron chi connectivity index (χ3n) is 4.69. The van der Waals surface area contributed by atoms with Gasteiger partial charge in [0.1, 0.15) is 6.61 Å². The second kappa shape index (κ2) is 8.04. The van der Waals surface area contributed by atoms with Crippen molar-refractivity contribution in [3.05, 3.63) is 86.6 Å². The van der Waals surface area contributed by atoms with Gasteiger partial charge in [-0.2, -0.15) is 0 Å². The zero-order valence-electron chi connectivity index (χ0n) is 15.6. The molecule has 1 N–H and O–H groups in total. The first-order valence-corrected chi connectivity index (χ1v) is 8.83. The largest absolute Gasteiger partial charge is 0.457 e. The first kappa shape index (κ1) is 19.3. The number of benzene rings is 2. The number of nitro benzene ring substituents is 1. The van der Waals surface area contributed by atoms with Crippen LogP contribution < -0.4 is 5.32 Å². The van der Waals surface area contributed by atoms with Crippen molar-refractivity contribution in [1.29, 1.82) is 0 Å². The van der Waals surface area contributed by atoms with Gasteiger partial charge in [0.05, 0.1) is 10.5 Å². The first-order valence-electron chi connectivity index (χ1n) is 8.83. The van der Waals surface area contributed by atoms with E-state index in [4.69, 9.17) is 4.74 Å². The van der Waals surface area contributed by atoms with E-state index in [2.05, 4.69) is 5.32 Å². The monoisotopic (exact) mass is 380 g/mol. The van der Waals surface area contributed by atoms with Crippen LogP contribution in [0.2, 0.25) is 0 Å². The van der Waals surface area contributed by atoms with Gasteiger partial charge in [0.15, 0.2) is 0 Å². The summed E-state index contributed by atoms with van der Waals surface area (Å²) < 4.78 is 5.47. The number of esters is 1. The Hall–Kier alpha value is -3.48. The molecule has 7 heteroatoms. The molecule has 1 amide bonds. The van der Waals surface area contributed by atoms with Gasteiger partial charge in [-0.25, -0.2) is 4.79 Å². The fourth-order valence-electron chi connectivity index (χ4n) is 3.20. The number of hydrogen-bond donors (Lipinski definition) is 1. The zero-order chi connectivity index (χ0) is 20.3. The molecule has 144 valence electrons. The van der Waals surface area contributed by atoms with Gasteiger partial charge < -0.3 is 10.1 Å². The molecule has 0 radical (unpaired) electrons. The molecule has 0 saturated heterocycles. The summed E-state index contributed by atoms with van der Waals surface area (Å²) in [6.45, 7) is 3.75. The lowest BCUT2D eigenvalue weighted by atomic mass is 9.84. The van der Waals surface area contributed by atoms with Crippen LogP contribution in [0.25, 0.3) is 0 Å². The molecular weight excluding hydrogens is 360 g/mol. The smallest absolute Gasteiger partial charge is 0.336 e. The van der Waals surface area contributed by atoms with Crippen LogP contribution in [0.5, 0.6) is 0 Å². The number of carbonyl (C=O) groups is 2. The van der Waals surface area contributed by atoms with Crippen LogP contribution >= 0.6 is 0 Å². The predicted molar refractivity (Wildman–Crippen MR) is 102 cm³/mol. The maximum atomic E-state index is 12.8. The molecule has 0 aromatic heterocycles. The van der Waals surface area contributed by atoms with Gasteiger partial charge in [-0.05, 0) is 25.0 Å². The molecular formula is C21H20N2O5. The lowest BCUT2D eigenvalue weighted by molar-refractivity contribution is -0.384. The molecule has 0 spiro atoms. The Labute approximate surface area is 162 Å². The minimum Gasteiger partial charge on any atom is -0.457 e. The second-order valence-corrected chi connectivity index (χ2v) is 6.75. The number of carbonyl (C=O) groups excluding carboxylic acids is 2. The highest BCUT2D eigenvalue weighted by molar-refractivity contribution is 5.95. The normalized spacial score (nSPS) is 16.5. The standard InChI is InChI=1S/C21H20N2O5/c1-13-3-5-15(6-4-13)12-28-21(25)20-14(2)22-19(24)11-18(20)16-7-9-17(10-8-16)23(26)27/h3-10,18H,11-12H2,1-2H3,(H,22,24). The van der Waals surface area contributed by atoms with E-state index in [1.54, 1.807) is 19.1 Å². The summed E-state index contributed by atoms with van der Waals surface area (Å²) in [7, 11) is 0. The quantitative estimate of drug-likeness (QED) is 0.486. The molecule has 0 saturated carbocycles. The summed E-state index contributed by atoms with van der Waals surface area (Å²) in [6.07, 6.45) is 0.0735. The molecule has 1 aliphatic rings. The van der Waals surface area contributed by atoms with E-state index < -0.39 is 16.8 Å². The predicted octanol–water partition coefficient (Wildman–Crippen LogP) is 3.52. The Balaban J connectivity index is 1.83. The van der Waals surface area contributed by atoms with Gasteiger partial charge in [-0.3, -0.25) is 14.9 Å². The van der Waals surface area contributed by atoms with Crippen molar-refractivity contribution in [3.8, 4) is 0 Å². The number of non-ortho nitro benzene ring substituents is 1. The summed E-state index contributed by atoms with van der Waals surface area (Å²) in [6, 6.07) is 13.5. The molecule has 0 aliphatic carbocycles. The molecule has 7 nitrogen and oxygen atoms in total. The number of allylic oxidation sites excluding steroid dienone is 1. The Bertz CT molecular complexity index is 946. The van der Waals surface area contributed by atoms with Crippen molar-refractivity contribution in [2.24, 2.45) is 0 Å². The molecule has 1 unspecified atom stereocenters. The summed E-state index contributed by atoms with van der Waals surface area (Å²) in [5.74, 6) is -1.24. The van der Waals surface area contributed by atoms with Crippen LogP contribution in [-0.2, 0) is 20.9 Å². The van der Waals surface area contributed by atoms with Crippen LogP contribution in [0.3, 0.4) is 0 Å². The van der Waals surface area contributed by atoms with E-state index in [0.717, 1.165) is 11.1 Å². The number of nitro groups is 1. The Morgan fingerprint density at radius 1 is 1.14 bits per heavy atom. The second-order valence-electron chi connectivity index (χ2n) is 6.75. The molecule has 3 rings (SSSR count).